The third-order valence-electron chi connectivity index (χ3n) is 4.87. The molecular weight excluding hydrogens is 276 g/mol. The summed E-state index contributed by atoms with van der Waals surface area (Å²) in [7, 11) is 0. The second-order valence-electron chi connectivity index (χ2n) is 6.16. The van der Waals surface area contributed by atoms with Gasteiger partial charge in [-0.15, -0.1) is 5.10 Å². The van der Waals surface area contributed by atoms with Gasteiger partial charge in [-0.25, -0.2) is 0 Å². The molecule has 114 valence electrons. The summed E-state index contributed by atoms with van der Waals surface area (Å²) in [5, 5.41) is 10.8. The van der Waals surface area contributed by atoms with Crippen molar-refractivity contribution in [3.05, 3.63) is 30.5 Å². The SMILES string of the molecule is O=C1CCCN1C1CCN(c2nncc3ccccc23)CC1. The molecule has 0 aliphatic carbocycles. The molecule has 0 spiro atoms. The number of likely N-dealkylation sites (tertiary alicyclic amines) is 1. The summed E-state index contributed by atoms with van der Waals surface area (Å²) in [5.74, 6) is 1.31. The number of piperidine rings is 1. The molecule has 2 aliphatic heterocycles. The van der Waals surface area contributed by atoms with Gasteiger partial charge < -0.3 is 9.80 Å². The van der Waals surface area contributed by atoms with Gasteiger partial charge in [0.1, 0.15) is 0 Å². The number of carbonyl (C=O) groups is 1. The van der Waals surface area contributed by atoms with Crippen LogP contribution in [0.25, 0.3) is 10.8 Å². The van der Waals surface area contributed by atoms with Crippen LogP contribution in [-0.2, 0) is 4.79 Å². The van der Waals surface area contributed by atoms with Crippen LogP contribution in [0.15, 0.2) is 30.5 Å². The Labute approximate surface area is 129 Å². The molecule has 4 rings (SSSR count). The first kappa shape index (κ1) is 13.5. The molecule has 1 aromatic heterocycles. The molecule has 5 heteroatoms. The number of rotatable bonds is 2. The fourth-order valence-corrected chi connectivity index (χ4v) is 3.69. The van der Waals surface area contributed by atoms with Crippen LogP contribution in [0.3, 0.4) is 0 Å². The first-order valence-corrected chi connectivity index (χ1v) is 8.08. The fourth-order valence-electron chi connectivity index (χ4n) is 3.69. The third kappa shape index (κ3) is 2.30. The summed E-state index contributed by atoms with van der Waals surface area (Å²) >= 11 is 0. The van der Waals surface area contributed by atoms with Gasteiger partial charge in [0.2, 0.25) is 5.91 Å². The first-order chi connectivity index (χ1) is 10.8. The van der Waals surface area contributed by atoms with Crippen molar-refractivity contribution in [1.29, 1.82) is 0 Å². The second-order valence-corrected chi connectivity index (χ2v) is 6.16. The highest BCUT2D eigenvalue weighted by molar-refractivity contribution is 5.91. The summed E-state index contributed by atoms with van der Waals surface area (Å²) in [6.45, 7) is 2.83. The van der Waals surface area contributed by atoms with Crippen molar-refractivity contribution in [2.24, 2.45) is 0 Å². The number of anilines is 1. The average Bonchev–Trinajstić information content (AvgIpc) is 3.01. The number of hydrogen-bond acceptors (Lipinski definition) is 4. The molecular formula is C17H20N4O. The van der Waals surface area contributed by atoms with E-state index in [0.29, 0.717) is 11.9 Å². The van der Waals surface area contributed by atoms with Crippen LogP contribution in [-0.4, -0.2) is 46.7 Å². The van der Waals surface area contributed by atoms with Crippen LogP contribution in [0.2, 0.25) is 0 Å². The van der Waals surface area contributed by atoms with Gasteiger partial charge in [-0.3, -0.25) is 4.79 Å². The predicted octanol–water partition coefficient (Wildman–Crippen LogP) is 2.22. The van der Waals surface area contributed by atoms with E-state index < -0.39 is 0 Å². The Morgan fingerprint density at radius 3 is 2.68 bits per heavy atom. The van der Waals surface area contributed by atoms with Crippen molar-refractivity contribution in [3.63, 3.8) is 0 Å². The van der Waals surface area contributed by atoms with E-state index >= 15 is 0 Å². The Hall–Kier alpha value is -2.17. The van der Waals surface area contributed by atoms with E-state index in [-0.39, 0.29) is 0 Å². The van der Waals surface area contributed by atoms with E-state index in [4.69, 9.17) is 0 Å². The van der Waals surface area contributed by atoms with Crippen molar-refractivity contribution in [3.8, 4) is 0 Å². The van der Waals surface area contributed by atoms with Crippen LogP contribution in [0, 0.1) is 0 Å². The predicted molar refractivity (Wildman–Crippen MR) is 85.7 cm³/mol. The molecule has 0 bridgehead atoms. The van der Waals surface area contributed by atoms with Gasteiger partial charge in [0, 0.05) is 42.9 Å². The highest BCUT2D eigenvalue weighted by Gasteiger charge is 2.31. The smallest absolute Gasteiger partial charge is 0.222 e. The number of fused-ring (bicyclic) bond motifs is 1. The number of aromatic nitrogens is 2. The lowest BCUT2D eigenvalue weighted by molar-refractivity contribution is -0.130. The van der Waals surface area contributed by atoms with Crippen LogP contribution in [0.4, 0.5) is 5.82 Å². The standard InChI is InChI=1S/C17H20N4O/c22-16-6-3-9-21(16)14-7-10-20(11-8-14)17-15-5-2-1-4-13(15)12-18-19-17/h1-2,4-5,12,14H,3,6-11H2. The lowest BCUT2D eigenvalue weighted by Gasteiger charge is -2.37. The molecule has 0 N–H and O–H groups in total. The monoisotopic (exact) mass is 296 g/mol. The van der Waals surface area contributed by atoms with E-state index in [0.717, 1.165) is 61.9 Å². The highest BCUT2D eigenvalue weighted by Crippen LogP contribution is 2.28. The zero-order chi connectivity index (χ0) is 14.9. The summed E-state index contributed by atoms with van der Waals surface area (Å²) in [5.41, 5.74) is 0. The molecule has 1 amide bonds. The maximum absolute atomic E-state index is 11.9. The van der Waals surface area contributed by atoms with E-state index in [2.05, 4.69) is 32.1 Å². The lowest BCUT2D eigenvalue weighted by Crippen LogP contribution is -2.45. The molecule has 2 fully saturated rings. The zero-order valence-electron chi connectivity index (χ0n) is 12.6. The van der Waals surface area contributed by atoms with Crippen LogP contribution < -0.4 is 4.90 Å². The molecule has 2 aromatic rings. The molecule has 3 heterocycles. The number of carbonyl (C=O) groups excluding carboxylic acids is 1. The zero-order valence-corrected chi connectivity index (χ0v) is 12.6. The van der Waals surface area contributed by atoms with E-state index in [1.807, 2.05) is 18.3 Å². The van der Waals surface area contributed by atoms with Gasteiger partial charge in [0.15, 0.2) is 5.82 Å². The van der Waals surface area contributed by atoms with Gasteiger partial charge in [0.05, 0.1) is 6.20 Å². The number of benzene rings is 1. The Kier molecular flexibility index (Phi) is 3.41. The second kappa shape index (κ2) is 5.55. The topological polar surface area (TPSA) is 49.3 Å². The van der Waals surface area contributed by atoms with Gasteiger partial charge in [0.25, 0.3) is 0 Å². The third-order valence-corrected chi connectivity index (χ3v) is 4.87. The number of nitrogens with zero attached hydrogens (tertiary/aromatic N) is 4. The summed E-state index contributed by atoms with van der Waals surface area (Å²) in [4.78, 5) is 16.3. The molecule has 2 saturated heterocycles. The maximum Gasteiger partial charge on any atom is 0.222 e. The first-order valence-electron chi connectivity index (χ1n) is 8.08. The molecule has 0 atom stereocenters. The van der Waals surface area contributed by atoms with E-state index in [9.17, 15) is 4.79 Å². The molecule has 0 saturated carbocycles. The van der Waals surface area contributed by atoms with Crippen molar-refractivity contribution in [2.75, 3.05) is 24.5 Å². The van der Waals surface area contributed by atoms with Gasteiger partial charge in [-0.05, 0) is 19.3 Å². The van der Waals surface area contributed by atoms with Crippen molar-refractivity contribution < 1.29 is 4.79 Å². The van der Waals surface area contributed by atoms with Crippen molar-refractivity contribution in [2.45, 2.75) is 31.7 Å². The molecule has 2 aliphatic rings. The van der Waals surface area contributed by atoms with Gasteiger partial charge in [-0.1, -0.05) is 24.3 Å². The lowest BCUT2D eigenvalue weighted by atomic mass is 10.0. The Morgan fingerprint density at radius 2 is 1.91 bits per heavy atom. The largest absolute Gasteiger partial charge is 0.354 e. The van der Waals surface area contributed by atoms with Crippen molar-refractivity contribution >= 4 is 22.5 Å². The molecule has 0 unspecified atom stereocenters. The van der Waals surface area contributed by atoms with Crippen LogP contribution in [0.5, 0.6) is 0 Å². The molecule has 1 aromatic carbocycles. The fraction of sp³-hybridized carbons (Fsp3) is 0.471. The summed E-state index contributed by atoms with van der Waals surface area (Å²) in [6.07, 6.45) is 5.62. The minimum Gasteiger partial charge on any atom is -0.354 e. The highest BCUT2D eigenvalue weighted by atomic mass is 16.2. The average molecular weight is 296 g/mol. The van der Waals surface area contributed by atoms with Gasteiger partial charge >= 0.3 is 0 Å². The maximum atomic E-state index is 11.9. The quantitative estimate of drug-likeness (QED) is 0.852. The Balaban J connectivity index is 1.52. The summed E-state index contributed by atoms with van der Waals surface area (Å²) in [6, 6.07) is 8.66. The number of hydrogen-bond donors (Lipinski definition) is 0. The Morgan fingerprint density at radius 1 is 1.09 bits per heavy atom. The minimum atomic E-state index is 0.336. The molecule has 0 radical (unpaired) electrons. The van der Waals surface area contributed by atoms with Gasteiger partial charge in [-0.2, -0.15) is 5.10 Å². The Bertz CT molecular complexity index is 689. The van der Waals surface area contributed by atoms with E-state index in [1.54, 1.807) is 0 Å². The minimum absolute atomic E-state index is 0.336. The number of amides is 1. The normalized spacial score (nSPS) is 20.1. The molecule has 5 nitrogen and oxygen atoms in total. The van der Waals surface area contributed by atoms with Crippen LogP contribution in [0.1, 0.15) is 25.7 Å². The molecule has 22 heavy (non-hydrogen) atoms. The van der Waals surface area contributed by atoms with E-state index in [1.165, 1.54) is 0 Å². The summed E-state index contributed by atoms with van der Waals surface area (Å²) < 4.78 is 0. The van der Waals surface area contributed by atoms with Crippen LogP contribution >= 0.6 is 0 Å². The van der Waals surface area contributed by atoms with Crippen molar-refractivity contribution in [1.82, 2.24) is 15.1 Å².